The fourth-order valence-corrected chi connectivity index (χ4v) is 1.97. The van der Waals surface area contributed by atoms with Crippen LogP contribution >= 0.6 is 0 Å². The molecule has 1 N–H and O–H groups in total. The van der Waals surface area contributed by atoms with Gasteiger partial charge in [-0.15, -0.1) is 0 Å². The monoisotopic (exact) mass is 273 g/mol. The lowest BCUT2D eigenvalue weighted by Gasteiger charge is -2.38. The summed E-state index contributed by atoms with van der Waals surface area (Å²) in [5.74, 6) is -6.23. The Morgan fingerprint density at radius 2 is 1.74 bits per heavy atom. The third-order valence-corrected chi connectivity index (χ3v) is 2.94. The Balaban J connectivity index is 2.04. The van der Waals surface area contributed by atoms with Crippen LogP contribution in [0.3, 0.4) is 0 Å². The van der Waals surface area contributed by atoms with Gasteiger partial charge in [0.25, 0.3) is 5.91 Å². The van der Waals surface area contributed by atoms with Crippen molar-refractivity contribution in [2.24, 2.45) is 5.92 Å². The van der Waals surface area contributed by atoms with Gasteiger partial charge >= 0.3 is 5.97 Å². The summed E-state index contributed by atoms with van der Waals surface area (Å²) in [7, 11) is 0. The molecule has 0 aromatic heterocycles. The van der Waals surface area contributed by atoms with Gasteiger partial charge in [-0.2, -0.15) is 0 Å². The van der Waals surface area contributed by atoms with Crippen LogP contribution in [-0.4, -0.2) is 35.0 Å². The number of aliphatic carboxylic acids is 1. The zero-order valence-electron chi connectivity index (χ0n) is 9.70. The van der Waals surface area contributed by atoms with Crippen LogP contribution in [0.25, 0.3) is 0 Å². The van der Waals surface area contributed by atoms with Crippen LogP contribution in [0.2, 0.25) is 0 Å². The number of halogens is 3. The van der Waals surface area contributed by atoms with Crippen LogP contribution in [0, 0.1) is 23.4 Å². The molecule has 1 fully saturated rings. The highest BCUT2D eigenvalue weighted by Crippen LogP contribution is 2.23. The average Bonchev–Trinajstić information content (AvgIpc) is 2.28. The minimum Gasteiger partial charge on any atom is -0.481 e. The second-order valence-corrected chi connectivity index (χ2v) is 4.43. The fraction of sp³-hybridized carbons (Fsp3) is 0.333. The first-order valence-corrected chi connectivity index (χ1v) is 5.54. The molecule has 0 unspecified atom stereocenters. The van der Waals surface area contributed by atoms with E-state index in [1.54, 1.807) is 0 Å². The summed E-state index contributed by atoms with van der Waals surface area (Å²) in [5.41, 5.74) is -0.287. The molecule has 0 atom stereocenters. The highest BCUT2D eigenvalue weighted by atomic mass is 19.2. The number of carbonyl (C=O) groups excluding carboxylic acids is 1. The molecule has 0 spiro atoms. The average molecular weight is 273 g/mol. The maximum Gasteiger partial charge on any atom is 0.303 e. The van der Waals surface area contributed by atoms with E-state index in [9.17, 15) is 22.8 Å². The number of likely N-dealkylation sites (tertiary alicyclic amines) is 1. The molecule has 1 amide bonds. The van der Waals surface area contributed by atoms with Crippen LogP contribution in [-0.2, 0) is 4.79 Å². The number of carbonyl (C=O) groups is 2. The molecule has 0 aliphatic carbocycles. The molecule has 0 bridgehead atoms. The van der Waals surface area contributed by atoms with Gasteiger partial charge in [-0.3, -0.25) is 9.59 Å². The summed E-state index contributed by atoms with van der Waals surface area (Å²) in [6.45, 7) is 0.428. The summed E-state index contributed by atoms with van der Waals surface area (Å²) in [4.78, 5) is 23.5. The summed E-state index contributed by atoms with van der Waals surface area (Å²) < 4.78 is 38.7. The quantitative estimate of drug-likeness (QED) is 0.852. The molecular weight excluding hydrogens is 263 g/mol. The van der Waals surface area contributed by atoms with Gasteiger partial charge in [-0.1, -0.05) is 0 Å². The van der Waals surface area contributed by atoms with E-state index in [0.29, 0.717) is 12.1 Å². The minimum atomic E-state index is -1.62. The lowest BCUT2D eigenvalue weighted by molar-refractivity contribution is -0.139. The van der Waals surface area contributed by atoms with Gasteiger partial charge in [-0.05, 0) is 12.1 Å². The van der Waals surface area contributed by atoms with Gasteiger partial charge < -0.3 is 10.0 Å². The van der Waals surface area contributed by atoms with Crippen molar-refractivity contribution in [1.82, 2.24) is 4.90 Å². The van der Waals surface area contributed by atoms with E-state index in [-0.39, 0.29) is 31.0 Å². The minimum absolute atomic E-state index is 0.0596. The Kier molecular flexibility index (Phi) is 3.46. The van der Waals surface area contributed by atoms with Gasteiger partial charge in [0.2, 0.25) is 0 Å². The third-order valence-electron chi connectivity index (χ3n) is 2.94. The lowest BCUT2D eigenvalue weighted by Crippen LogP contribution is -2.50. The lowest BCUT2D eigenvalue weighted by atomic mass is 9.95. The van der Waals surface area contributed by atoms with Crippen LogP contribution in [0.4, 0.5) is 13.2 Å². The molecule has 1 aromatic carbocycles. The molecule has 1 heterocycles. The van der Waals surface area contributed by atoms with Crippen molar-refractivity contribution in [2.45, 2.75) is 6.42 Å². The number of rotatable bonds is 3. The van der Waals surface area contributed by atoms with E-state index >= 15 is 0 Å². The number of nitrogens with zero attached hydrogens (tertiary/aromatic N) is 1. The number of carboxylic acids is 1. The van der Waals surface area contributed by atoms with E-state index in [1.165, 1.54) is 4.90 Å². The van der Waals surface area contributed by atoms with Crippen LogP contribution in [0.5, 0.6) is 0 Å². The summed E-state index contributed by atoms with van der Waals surface area (Å²) in [6, 6.07) is 1.26. The molecule has 1 aliphatic heterocycles. The van der Waals surface area contributed by atoms with Crippen molar-refractivity contribution in [3.05, 3.63) is 35.1 Å². The molecule has 0 radical (unpaired) electrons. The molecule has 19 heavy (non-hydrogen) atoms. The molecular formula is C12H10F3NO3. The summed E-state index contributed by atoms with van der Waals surface area (Å²) in [5, 5.41) is 8.55. The maximum absolute atomic E-state index is 13.0. The van der Waals surface area contributed by atoms with Crippen molar-refractivity contribution >= 4 is 11.9 Å². The van der Waals surface area contributed by atoms with Gasteiger partial charge in [0.05, 0.1) is 6.42 Å². The van der Waals surface area contributed by atoms with E-state index in [2.05, 4.69) is 0 Å². The van der Waals surface area contributed by atoms with Gasteiger partial charge in [0.15, 0.2) is 17.5 Å². The normalized spacial score (nSPS) is 15.2. The highest BCUT2D eigenvalue weighted by molar-refractivity contribution is 5.94. The first-order valence-electron chi connectivity index (χ1n) is 5.54. The smallest absolute Gasteiger partial charge is 0.303 e. The number of benzene rings is 1. The molecule has 1 aliphatic rings. The molecule has 1 aromatic rings. The van der Waals surface area contributed by atoms with Crippen molar-refractivity contribution in [2.75, 3.05) is 13.1 Å². The fourth-order valence-electron chi connectivity index (χ4n) is 1.97. The summed E-state index contributed by atoms with van der Waals surface area (Å²) in [6.07, 6.45) is -0.0596. The molecule has 102 valence electrons. The number of amides is 1. The Hall–Kier alpha value is -2.05. The van der Waals surface area contributed by atoms with Crippen LogP contribution < -0.4 is 0 Å². The number of hydrogen-bond donors (Lipinski definition) is 1. The maximum atomic E-state index is 13.0. The number of hydrogen-bond acceptors (Lipinski definition) is 2. The van der Waals surface area contributed by atoms with Crippen LogP contribution in [0.1, 0.15) is 16.8 Å². The van der Waals surface area contributed by atoms with Crippen molar-refractivity contribution < 1.29 is 27.9 Å². The Bertz CT molecular complexity index is 518. The van der Waals surface area contributed by atoms with Crippen molar-refractivity contribution in [3.63, 3.8) is 0 Å². The first kappa shape index (κ1) is 13.4. The zero-order chi connectivity index (χ0) is 14.2. The predicted octanol–water partition coefficient (Wildman–Crippen LogP) is 1.65. The van der Waals surface area contributed by atoms with Crippen LogP contribution in [0.15, 0.2) is 12.1 Å². The Morgan fingerprint density at radius 3 is 2.21 bits per heavy atom. The first-order chi connectivity index (χ1) is 8.88. The molecule has 1 saturated heterocycles. The molecule has 2 rings (SSSR count). The van der Waals surface area contributed by atoms with Crippen molar-refractivity contribution in [1.29, 1.82) is 0 Å². The van der Waals surface area contributed by atoms with E-state index in [4.69, 9.17) is 5.11 Å². The van der Waals surface area contributed by atoms with Gasteiger partial charge in [0.1, 0.15) is 0 Å². The SMILES string of the molecule is O=C(O)CC1CN(C(=O)c2cc(F)c(F)c(F)c2)C1. The van der Waals surface area contributed by atoms with Gasteiger partial charge in [-0.25, -0.2) is 13.2 Å². The standard InChI is InChI=1S/C12H10F3NO3/c13-8-2-7(3-9(14)11(8)15)12(19)16-4-6(5-16)1-10(17)18/h2-3,6H,1,4-5H2,(H,17,18). The van der Waals surface area contributed by atoms with E-state index in [1.807, 2.05) is 0 Å². The predicted molar refractivity (Wildman–Crippen MR) is 58.0 cm³/mol. The van der Waals surface area contributed by atoms with Gasteiger partial charge in [0, 0.05) is 24.6 Å². The van der Waals surface area contributed by atoms with E-state index < -0.39 is 29.3 Å². The zero-order valence-corrected chi connectivity index (χ0v) is 9.70. The Labute approximate surface area is 106 Å². The third kappa shape index (κ3) is 2.69. The highest BCUT2D eigenvalue weighted by Gasteiger charge is 2.33. The second kappa shape index (κ2) is 4.91. The van der Waals surface area contributed by atoms with Crippen molar-refractivity contribution in [3.8, 4) is 0 Å². The largest absolute Gasteiger partial charge is 0.481 e. The van der Waals surface area contributed by atoms with E-state index in [0.717, 1.165) is 0 Å². The topological polar surface area (TPSA) is 57.6 Å². The summed E-state index contributed by atoms with van der Waals surface area (Å²) >= 11 is 0. The second-order valence-electron chi connectivity index (χ2n) is 4.43. The Morgan fingerprint density at radius 1 is 1.21 bits per heavy atom. The molecule has 0 saturated carbocycles. The number of carboxylic acid groups (broad SMARTS) is 1. The molecule has 7 heteroatoms. The molecule has 4 nitrogen and oxygen atoms in total.